The summed E-state index contributed by atoms with van der Waals surface area (Å²) in [7, 11) is 1.83. The average Bonchev–Trinajstić information content (AvgIpc) is 3.27. The fourth-order valence-corrected chi connectivity index (χ4v) is 3.96. The van der Waals surface area contributed by atoms with Gasteiger partial charge in [0.25, 0.3) is 5.91 Å². The van der Waals surface area contributed by atoms with Crippen LogP contribution in [0.1, 0.15) is 4.88 Å². The van der Waals surface area contributed by atoms with E-state index in [0.717, 1.165) is 21.4 Å². The summed E-state index contributed by atoms with van der Waals surface area (Å²) in [6.45, 7) is 0. The van der Waals surface area contributed by atoms with Gasteiger partial charge in [0.05, 0.1) is 21.8 Å². The Morgan fingerprint density at radius 3 is 2.96 bits per heavy atom. The molecule has 144 valence electrons. The van der Waals surface area contributed by atoms with Crippen LogP contribution >= 0.6 is 39.0 Å². The number of benzene rings is 1. The van der Waals surface area contributed by atoms with E-state index >= 15 is 0 Å². The van der Waals surface area contributed by atoms with Gasteiger partial charge < -0.3 is 4.57 Å². The summed E-state index contributed by atoms with van der Waals surface area (Å²) in [6.07, 6.45) is 1.37. The number of nitro groups is 1. The van der Waals surface area contributed by atoms with Gasteiger partial charge in [-0.3, -0.25) is 14.9 Å². The molecule has 28 heavy (non-hydrogen) atoms. The van der Waals surface area contributed by atoms with E-state index in [0.29, 0.717) is 15.9 Å². The van der Waals surface area contributed by atoms with Crippen LogP contribution in [-0.4, -0.2) is 37.6 Å². The number of halogens is 1. The molecule has 0 aliphatic rings. The summed E-state index contributed by atoms with van der Waals surface area (Å²) >= 11 is 5.64. The molecule has 0 atom stereocenters. The molecule has 0 bridgehead atoms. The lowest BCUT2D eigenvalue weighted by atomic mass is 10.2. The molecule has 0 saturated heterocycles. The third-order valence-electron chi connectivity index (χ3n) is 3.42. The Hall–Kier alpha value is -2.57. The predicted octanol–water partition coefficient (Wildman–Crippen LogP) is 3.46. The second-order valence-electron chi connectivity index (χ2n) is 5.39. The number of carbonyl (C=O) groups excluding carboxylic acids is 1. The van der Waals surface area contributed by atoms with Crippen molar-refractivity contribution in [2.75, 3.05) is 5.75 Å². The zero-order valence-corrected chi connectivity index (χ0v) is 17.6. The first kappa shape index (κ1) is 20.2. The van der Waals surface area contributed by atoms with E-state index in [1.54, 1.807) is 6.07 Å². The van der Waals surface area contributed by atoms with Crippen molar-refractivity contribution in [2.45, 2.75) is 5.16 Å². The Kier molecular flexibility index (Phi) is 6.54. The highest BCUT2D eigenvalue weighted by molar-refractivity contribution is 9.10. The van der Waals surface area contributed by atoms with Gasteiger partial charge in [0.1, 0.15) is 0 Å². The average molecular weight is 481 g/mol. The number of nitrogens with one attached hydrogen (secondary N) is 1. The van der Waals surface area contributed by atoms with Crippen molar-refractivity contribution in [3.63, 3.8) is 0 Å². The molecule has 3 rings (SSSR count). The molecule has 0 unspecified atom stereocenters. The van der Waals surface area contributed by atoms with Crippen LogP contribution in [0.15, 0.2) is 51.1 Å². The largest absolute Gasteiger partial charge is 0.324 e. The second kappa shape index (κ2) is 9.08. The third kappa shape index (κ3) is 5.03. The molecule has 1 aromatic carbocycles. The topological polar surface area (TPSA) is 115 Å². The molecule has 3 aromatic rings. The second-order valence-corrected chi connectivity index (χ2v) is 8.34. The lowest BCUT2D eigenvalue weighted by Gasteiger charge is -2.04. The molecule has 2 aromatic heterocycles. The minimum absolute atomic E-state index is 0.0202. The van der Waals surface area contributed by atoms with Crippen molar-refractivity contribution in [3.8, 4) is 11.4 Å². The van der Waals surface area contributed by atoms with E-state index in [-0.39, 0.29) is 16.7 Å². The summed E-state index contributed by atoms with van der Waals surface area (Å²) in [6, 6.07) is 10.7. The zero-order valence-electron chi connectivity index (χ0n) is 14.4. The summed E-state index contributed by atoms with van der Waals surface area (Å²) in [5.41, 5.74) is 3.30. The predicted molar refractivity (Wildman–Crippen MR) is 112 cm³/mol. The van der Waals surface area contributed by atoms with E-state index in [4.69, 9.17) is 0 Å². The highest BCUT2D eigenvalue weighted by Gasteiger charge is 2.13. The molecule has 0 saturated carbocycles. The maximum absolute atomic E-state index is 11.9. The first-order valence-electron chi connectivity index (χ1n) is 7.78. The lowest BCUT2D eigenvalue weighted by molar-refractivity contribution is -0.380. The molecule has 0 aliphatic carbocycles. The standard InChI is InChI=1S/C16H13BrN6O3S2/c1-22-15(10-3-2-4-11(17)7-10)20-21-16(22)27-9-13(24)19-18-8-12-5-6-14(28-12)23(25)26/h2-8H,9H2,1H3,(H,19,24). The molecule has 12 heteroatoms. The first-order valence-corrected chi connectivity index (χ1v) is 10.4. The van der Waals surface area contributed by atoms with Crippen molar-refractivity contribution in [1.82, 2.24) is 20.2 Å². The van der Waals surface area contributed by atoms with Crippen molar-refractivity contribution in [1.29, 1.82) is 0 Å². The van der Waals surface area contributed by atoms with Gasteiger partial charge in [-0.2, -0.15) is 5.10 Å². The van der Waals surface area contributed by atoms with E-state index in [9.17, 15) is 14.9 Å². The molecule has 0 aliphatic heterocycles. The van der Waals surface area contributed by atoms with Crippen LogP contribution in [0.2, 0.25) is 0 Å². The summed E-state index contributed by atoms with van der Waals surface area (Å²) < 4.78 is 2.75. The number of carbonyl (C=O) groups is 1. The maximum atomic E-state index is 11.9. The molecule has 0 spiro atoms. The molecule has 0 radical (unpaired) electrons. The van der Waals surface area contributed by atoms with Gasteiger partial charge in [0.2, 0.25) is 0 Å². The SMILES string of the molecule is Cn1c(SCC(=O)NN=Cc2ccc([N+](=O)[O-])s2)nnc1-c1cccc(Br)c1. The number of nitrogens with zero attached hydrogens (tertiary/aromatic N) is 5. The van der Waals surface area contributed by atoms with Crippen LogP contribution in [0.3, 0.4) is 0 Å². The molecule has 1 amide bonds. The van der Waals surface area contributed by atoms with Crippen molar-refractivity contribution in [2.24, 2.45) is 12.1 Å². The highest BCUT2D eigenvalue weighted by Crippen LogP contribution is 2.25. The van der Waals surface area contributed by atoms with Crippen LogP contribution in [0.4, 0.5) is 5.00 Å². The number of rotatable bonds is 7. The fraction of sp³-hybridized carbons (Fsp3) is 0.125. The fourth-order valence-electron chi connectivity index (χ4n) is 2.16. The van der Waals surface area contributed by atoms with Crippen molar-refractivity contribution in [3.05, 3.63) is 55.9 Å². The van der Waals surface area contributed by atoms with Crippen LogP contribution in [0.25, 0.3) is 11.4 Å². The number of hydrogen-bond acceptors (Lipinski definition) is 8. The van der Waals surface area contributed by atoms with E-state index in [1.807, 2.05) is 35.9 Å². The molecule has 1 N–H and O–H groups in total. The Bertz CT molecular complexity index is 1050. The van der Waals surface area contributed by atoms with Crippen molar-refractivity contribution >= 4 is 56.2 Å². The number of aromatic nitrogens is 3. The molecular formula is C16H13BrN6O3S2. The minimum atomic E-state index is -0.472. The number of hydrogen-bond donors (Lipinski definition) is 1. The van der Waals surface area contributed by atoms with Gasteiger partial charge in [0.15, 0.2) is 11.0 Å². The Morgan fingerprint density at radius 1 is 1.43 bits per heavy atom. The normalized spacial score (nSPS) is 11.1. The molecule has 2 heterocycles. The maximum Gasteiger partial charge on any atom is 0.324 e. The number of thioether (sulfide) groups is 1. The van der Waals surface area contributed by atoms with Crippen molar-refractivity contribution < 1.29 is 9.72 Å². The first-order chi connectivity index (χ1) is 13.4. The summed E-state index contributed by atoms with van der Waals surface area (Å²) in [5, 5.41) is 23.4. The molecule has 9 nitrogen and oxygen atoms in total. The van der Waals surface area contributed by atoms with Crippen LogP contribution in [-0.2, 0) is 11.8 Å². The van der Waals surface area contributed by atoms with Gasteiger partial charge in [-0.25, -0.2) is 5.43 Å². The van der Waals surface area contributed by atoms with Crippen LogP contribution in [0, 0.1) is 10.1 Å². The number of amides is 1. The Balaban J connectivity index is 1.54. The summed E-state index contributed by atoms with van der Waals surface area (Å²) in [5.74, 6) is 0.479. The highest BCUT2D eigenvalue weighted by atomic mass is 79.9. The smallest absolute Gasteiger partial charge is 0.305 e. The Morgan fingerprint density at radius 2 is 2.25 bits per heavy atom. The van der Waals surface area contributed by atoms with E-state index < -0.39 is 4.92 Å². The quantitative estimate of drug-likeness (QED) is 0.239. The van der Waals surface area contributed by atoms with Gasteiger partial charge >= 0.3 is 5.00 Å². The van der Waals surface area contributed by atoms with Gasteiger partial charge in [-0.1, -0.05) is 51.2 Å². The number of hydrazone groups is 1. The van der Waals surface area contributed by atoms with E-state index in [2.05, 4.69) is 36.7 Å². The summed E-state index contributed by atoms with van der Waals surface area (Å²) in [4.78, 5) is 22.7. The Labute approximate surface area is 176 Å². The van der Waals surface area contributed by atoms with Gasteiger partial charge in [-0.15, -0.1) is 10.2 Å². The lowest BCUT2D eigenvalue weighted by Crippen LogP contribution is -2.19. The monoisotopic (exact) mass is 480 g/mol. The van der Waals surface area contributed by atoms with Crippen LogP contribution in [0.5, 0.6) is 0 Å². The zero-order chi connectivity index (χ0) is 20.1. The minimum Gasteiger partial charge on any atom is -0.305 e. The molecular weight excluding hydrogens is 468 g/mol. The molecule has 0 fully saturated rings. The van der Waals surface area contributed by atoms with Crippen LogP contribution < -0.4 is 5.43 Å². The van der Waals surface area contributed by atoms with Gasteiger partial charge in [-0.05, 0) is 18.2 Å². The van der Waals surface area contributed by atoms with E-state index in [1.165, 1.54) is 24.0 Å². The third-order valence-corrected chi connectivity index (χ3v) is 5.91. The number of thiophene rings is 1. The van der Waals surface area contributed by atoms with Gasteiger partial charge in [0, 0.05) is 23.2 Å².